The van der Waals surface area contributed by atoms with Crippen molar-refractivity contribution in [1.29, 1.82) is 0 Å². The lowest BCUT2D eigenvalue weighted by molar-refractivity contribution is 0.451. The highest BCUT2D eigenvalue weighted by Gasteiger charge is 2.10. The summed E-state index contributed by atoms with van der Waals surface area (Å²) in [6.45, 7) is 3.98. The van der Waals surface area contributed by atoms with Gasteiger partial charge in [0.1, 0.15) is 17.2 Å². The minimum Gasteiger partial charge on any atom is -0.508 e. The van der Waals surface area contributed by atoms with Crippen molar-refractivity contribution >= 4 is 0 Å². The predicted molar refractivity (Wildman–Crippen MR) is 75.6 cm³/mol. The Morgan fingerprint density at radius 2 is 1.32 bits per heavy atom. The number of hydrogen-bond acceptors (Lipinski definition) is 3. The van der Waals surface area contributed by atoms with Gasteiger partial charge in [-0.3, -0.25) is 0 Å². The molecule has 0 amide bonds. The van der Waals surface area contributed by atoms with Gasteiger partial charge in [-0.1, -0.05) is 13.8 Å². The number of hydrogen-bond donors (Lipinski definition) is 3. The monoisotopic (exact) mass is 258 g/mol. The lowest BCUT2D eigenvalue weighted by atomic mass is 9.94. The zero-order chi connectivity index (χ0) is 14.0. The molecule has 0 aromatic heterocycles. The van der Waals surface area contributed by atoms with Crippen molar-refractivity contribution < 1.29 is 15.3 Å². The van der Waals surface area contributed by atoms with E-state index in [1.807, 2.05) is 19.9 Å². The third-order valence-corrected chi connectivity index (χ3v) is 3.28. The maximum atomic E-state index is 9.90. The van der Waals surface area contributed by atoms with Gasteiger partial charge in [-0.25, -0.2) is 0 Å². The van der Waals surface area contributed by atoms with E-state index in [4.69, 9.17) is 0 Å². The largest absolute Gasteiger partial charge is 0.508 e. The van der Waals surface area contributed by atoms with Gasteiger partial charge in [0, 0.05) is 6.07 Å². The predicted octanol–water partition coefficient (Wildman–Crippen LogP) is 3.60. The third kappa shape index (κ3) is 2.65. The normalized spacial score (nSPS) is 10.6. The van der Waals surface area contributed by atoms with Gasteiger partial charge in [0.2, 0.25) is 0 Å². The van der Waals surface area contributed by atoms with Crippen LogP contribution in [-0.4, -0.2) is 15.3 Å². The second-order valence-corrected chi connectivity index (χ2v) is 4.58. The van der Waals surface area contributed by atoms with Crippen LogP contribution in [0.4, 0.5) is 0 Å². The smallest absolute Gasteiger partial charge is 0.119 e. The molecule has 0 saturated carbocycles. The molecule has 0 spiro atoms. The summed E-state index contributed by atoms with van der Waals surface area (Å²) in [5.74, 6) is 0.360. The molecule has 0 aliphatic rings. The van der Waals surface area contributed by atoms with Crippen molar-refractivity contribution in [2.75, 3.05) is 0 Å². The van der Waals surface area contributed by atoms with Crippen LogP contribution >= 0.6 is 0 Å². The van der Waals surface area contributed by atoms with Crippen molar-refractivity contribution in [3.05, 3.63) is 41.5 Å². The van der Waals surface area contributed by atoms with E-state index in [9.17, 15) is 15.3 Å². The Labute approximate surface area is 112 Å². The molecule has 0 fully saturated rings. The Morgan fingerprint density at radius 3 is 1.84 bits per heavy atom. The highest BCUT2D eigenvalue weighted by molar-refractivity contribution is 5.72. The molecule has 3 heteroatoms. The Morgan fingerprint density at radius 1 is 0.737 bits per heavy atom. The van der Waals surface area contributed by atoms with Crippen LogP contribution < -0.4 is 0 Å². The lowest BCUT2D eigenvalue weighted by Crippen LogP contribution is -1.92. The molecule has 0 bridgehead atoms. The van der Waals surface area contributed by atoms with E-state index in [0.717, 1.165) is 35.1 Å². The number of rotatable bonds is 3. The molecule has 0 unspecified atom stereocenters. The van der Waals surface area contributed by atoms with Crippen LogP contribution in [0.2, 0.25) is 0 Å². The van der Waals surface area contributed by atoms with Gasteiger partial charge >= 0.3 is 0 Å². The van der Waals surface area contributed by atoms with E-state index in [2.05, 4.69) is 0 Å². The Bertz CT molecular complexity index is 583. The molecular weight excluding hydrogens is 240 g/mol. The fourth-order valence-electron chi connectivity index (χ4n) is 2.27. The van der Waals surface area contributed by atoms with E-state index >= 15 is 0 Å². The fourth-order valence-corrected chi connectivity index (χ4v) is 2.27. The van der Waals surface area contributed by atoms with Gasteiger partial charge in [0.05, 0.1) is 0 Å². The Hall–Kier alpha value is -2.16. The van der Waals surface area contributed by atoms with E-state index < -0.39 is 0 Å². The van der Waals surface area contributed by atoms with Crippen molar-refractivity contribution in [3.63, 3.8) is 0 Å². The van der Waals surface area contributed by atoms with Gasteiger partial charge in [-0.15, -0.1) is 0 Å². The standard InChI is InChI=1S/C16H18O3/c1-3-10-8-16(19)11(4-2)7-15(10)12-5-13(17)9-14(18)6-12/h5-9,17-19H,3-4H2,1-2H3. The molecule has 2 aromatic carbocycles. The maximum Gasteiger partial charge on any atom is 0.119 e. The quantitative estimate of drug-likeness (QED) is 0.788. The van der Waals surface area contributed by atoms with Crippen molar-refractivity contribution in [3.8, 4) is 28.4 Å². The molecule has 3 N–H and O–H groups in total. The first kappa shape index (κ1) is 13.3. The van der Waals surface area contributed by atoms with Gasteiger partial charge in [0.15, 0.2) is 0 Å². The summed E-state index contributed by atoms with van der Waals surface area (Å²) in [5.41, 5.74) is 3.53. The van der Waals surface area contributed by atoms with E-state index in [1.54, 1.807) is 18.2 Å². The maximum absolute atomic E-state index is 9.90. The van der Waals surface area contributed by atoms with Crippen LogP contribution in [0.3, 0.4) is 0 Å². The van der Waals surface area contributed by atoms with Gasteiger partial charge in [-0.2, -0.15) is 0 Å². The summed E-state index contributed by atoms with van der Waals surface area (Å²) >= 11 is 0. The summed E-state index contributed by atoms with van der Waals surface area (Å²) in [6.07, 6.45) is 1.50. The fraction of sp³-hybridized carbons (Fsp3) is 0.250. The summed E-state index contributed by atoms with van der Waals surface area (Å²) in [7, 11) is 0. The Kier molecular flexibility index (Phi) is 3.65. The average Bonchev–Trinajstić information content (AvgIpc) is 2.37. The zero-order valence-electron chi connectivity index (χ0n) is 11.1. The zero-order valence-corrected chi connectivity index (χ0v) is 11.1. The minimum atomic E-state index is 0.0307. The van der Waals surface area contributed by atoms with Crippen LogP contribution in [0.1, 0.15) is 25.0 Å². The minimum absolute atomic E-state index is 0.0307. The SMILES string of the molecule is CCc1cc(-c2cc(O)cc(O)c2)c(CC)cc1O. The van der Waals surface area contributed by atoms with Gasteiger partial charge in [-0.05, 0) is 59.4 Å². The van der Waals surface area contributed by atoms with Crippen LogP contribution in [0.25, 0.3) is 11.1 Å². The summed E-state index contributed by atoms with van der Waals surface area (Å²) in [5, 5.41) is 29.1. The van der Waals surface area contributed by atoms with Crippen LogP contribution in [0.15, 0.2) is 30.3 Å². The summed E-state index contributed by atoms with van der Waals surface area (Å²) in [6, 6.07) is 8.21. The van der Waals surface area contributed by atoms with Gasteiger partial charge < -0.3 is 15.3 Å². The number of aryl methyl sites for hydroxylation is 2. The number of phenols is 3. The number of aromatic hydroxyl groups is 3. The molecule has 3 nitrogen and oxygen atoms in total. The second-order valence-electron chi connectivity index (χ2n) is 4.58. The molecule has 0 radical (unpaired) electrons. The number of phenolic OH excluding ortho intramolecular Hbond substituents is 3. The first-order valence-corrected chi connectivity index (χ1v) is 6.43. The van der Waals surface area contributed by atoms with E-state index in [0.29, 0.717) is 5.75 Å². The molecule has 0 saturated heterocycles. The first-order chi connectivity index (χ1) is 9.05. The highest BCUT2D eigenvalue weighted by atomic mass is 16.3. The summed E-state index contributed by atoms with van der Waals surface area (Å²) in [4.78, 5) is 0. The lowest BCUT2D eigenvalue weighted by Gasteiger charge is -2.13. The number of benzene rings is 2. The Balaban J connectivity index is 2.65. The molecule has 0 aliphatic heterocycles. The molecule has 100 valence electrons. The van der Waals surface area contributed by atoms with Crippen molar-refractivity contribution in [1.82, 2.24) is 0 Å². The molecule has 0 atom stereocenters. The molecule has 19 heavy (non-hydrogen) atoms. The van der Waals surface area contributed by atoms with Crippen LogP contribution in [-0.2, 0) is 12.8 Å². The van der Waals surface area contributed by atoms with Crippen LogP contribution in [0.5, 0.6) is 17.2 Å². The molecule has 0 aliphatic carbocycles. The van der Waals surface area contributed by atoms with E-state index in [-0.39, 0.29) is 11.5 Å². The van der Waals surface area contributed by atoms with Gasteiger partial charge in [0.25, 0.3) is 0 Å². The second kappa shape index (κ2) is 5.22. The first-order valence-electron chi connectivity index (χ1n) is 6.43. The molecule has 2 aromatic rings. The highest BCUT2D eigenvalue weighted by Crippen LogP contribution is 2.34. The summed E-state index contributed by atoms with van der Waals surface area (Å²) < 4.78 is 0. The average molecular weight is 258 g/mol. The third-order valence-electron chi connectivity index (χ3n) is 3.28. The molecule has 0 heterocycles. The topological polar surface area (TPSA) is 60.7 Å². The molecule has 2 rings (SSSR count). The van der Waals surface area contributed by atoms with Crippen molar-refractivity contribution in [2.24, 2.45) is 0 Å². The molecular formula is C16H18O3. The van der Waals surface area contributed by atoms with E-state index in [1.165, 1.54) is 6.07 Å². The van der Waals surface area contributed by atoms with Crippen molar-refractivity contribution in [2.45, 2.75) is 26.7 Å². The van der Waals surface area contributed by atoms with Crippen LogP contribution in [0, 0.1) is 0 Å².